The third-order valence-corrected chi connectivity index (χ3v) is 6.64. The van der Waals surface area contributed by atoms with Crippen LogP contribution < -0.4 is 15.2 Å². The molecular weight excluding hydrogens is 488 g/mol. The summed E-state index contributed by atoms with van der Waals surface area (Å²) in [6, 6.07) is 9.81. The average Bonchev–Trinajstić information content (AvgIpc) is 3.24. The SMILES string of the molecule is CC(C)CCN(CCC(C)C)C(=O)c1ccc2nc(-c3ccc4c(c3)OCCO4)c(CCCN)n2c1.Cl. The van der Waals surface area contributed by atoms with Crippen molar-refractivity contribution in [2.45, 2.75) is 53.4 Å². The first-order chi connectivity index (χ1) is 17.4. The van der Waals surface area contributed by atoms with Crippen LogP contribution in [0, 0.1) is 11.8 Å². The number of benzene rings is 1. The van der Waals surface area contributed by atoms with Crippen molar-refractivity contribution in [3.63, 3.8) is 0 Å². The number of pyridine rings is 1. The van der Waals surface area contributed by atoms with Crippen LogP contribution in [-0.4, -0.2) is 53.0 Å². The van der Waals surface area contributed by atoms with Crippen molar-refractivity contribution in [3.8, 4) is 22.8 Å². The zero-order valence-corrected chi connectivity index (χ0v) is 23.4. The molecule has 0 atom stereocenters. The van der Waals surface area contributed by atoms with Gasteiger partial charge in [0.2, 0.25) is 0 Å². The van der Waals surface area contributed by atoms with E-state index in [2.05, 4.69) is 32.1 Å². The fraction of sp³-hybridized carbons (Fsp3) is 0.517. The number of halogens is 1. The molecule has 2 N–H and O–H groups in total. The molecule has 0 fully saturated rings. The molecule has 3 aromatic rings. The molecule has 4 rings (SSSR count). The number of ether oxygens (including phenoxy) is 2. The molecule has 1 aromatic carbocycles. The molecule has 3 heterocycles. The van der Waals surface area contributed by atoms with Gasteiger partial charge >= 0.3 is 0 Å². The molecule has 37 heavy (non-hydrogen) atoms. The lowest BCUT2D eigenvalue weighted by Crippen LogP contribution is -2.34. The molecule has 1 aliphatic heterocycles. The van der Waals surface area contributed by atoms with Gasteiger partial charge in [0, 0.05) is 24.8 Å². The summed E-state index contributed by atoms with van der Waals surface area (Å²) in [4.78, 5) is 20.6. The van der Waals surface area contributed by atoms with E-state index in [1.54, 1.807) is 0 Å². The Kier molecular flexibility index (Phi) is 10.2. The maximum absolute atomic E-state index is 13.6. The second kappa shape index (κ2) is 13.2. The number of rotatable bonds is 11. The molecule has 2 aromatic heterocycles. The molecule has 7 nitrogen and oxygen atoms in total. The molecule has 0 bridgehead atoms. The third kappa shape index (κ3) is 6.96. The summed E-state index contributed by atoms with van der Waals surface area (Å²) in [6.07, 6.45) is 5.54. The number of amides is 1. The Labute approximate surface area is 226 Å². The van der Waals surface area contributed by atoms with Crippen LogP contribution in [0.4, 0.5) is 0 Å². The van der Waals surface area contributed by atoms with E-state index in [1.165, 1.54) is 0 Å². The molecule has 8 heteroatoms. The number of hydrogen-bond acceptors (Lipinski definition) is 5. The molecule has 0 unspecified atom stereocenters. The summed E-state index contributed by atoms with van der Waals surface area (Å²) in [7, 11) is 0. The van der Waals surface area contributed by atoms with Gasteiger partial charge in [-0.3, -0.25) is 4.79 Å². The van der Waals surface area contributed by atoms with Gasteiger partial charge in [0.1, 0.15) is 18.9 Å². The minimum Gasteiger partial charge on any atom is -0.486 e. The topological polar surface area (TPSA) is 82.1 Å². The third-order valence-electron chi connectivity index (χ3n) is 6.64. The molecule has 0 saturated heterocycles. The fourth-order valence-electron chi connectivity index (χ4n) is 4.48. The number of carbonyl (C=O) groups is 1. The normalized spacial score (nSPS) is 12.7. The molecule has 0 spiro atoms. The van der Waals surface area contributed by atoms with Crippen molar-refractivity contribution in [2.75, 3.05) is 32.8 Å². The van der Waals surface area contributed by atoms with Crippen molar-refractivity contribution in [3.05, 3.63) is 47.8 Å². The highest BCUT2D eigenvalue weighted by Gasteiger charge is 2.21. The number of hydrogen-bond donors (Lipinski definition) is 1. The number of aryl methyl sites for hydroxylation is 1. The van der Waals surface area contributed by atoms with E-state index in [4.69, 9.17) is 20.2 Å². The Morgan fingerprint density at radius 1 is 1.03 bits per heavy atom. The van der Waals surface area contributed by atoms with Gasteiger partial charge in [0.05, 0.1) is 17.0 Å². The van der Waals surface area contributed by atoms with Gasteiger partial charge in [0.15, 0.2) is 11.5 Å². The Bertz CT molecular complexity index is 1180. The first-order valence-corrected chi connectivity index (χ1v) is 13.3. The molecule has 1 amide bonds. The molecule has 1 aliphatic rings. The van der Waals surface area contributed by atoms with Crippen LogP contribution >= 0.6 is 12.4 Å². The summed E-state index contributed by atoms with van der Waals surface area (Å²) in [5.74, 6) is 2.67. The number of carbonyl (C=O) groups excluding carboxylic acids is 1. The lowest BCUT2D eigenvalue weighted by Gasteiger charge is -2.24. The van der Waals surface area contributed by atoms with Crippen molar-refractivity contribution < 1.29 is 14.3 Å². The van der Waals surface area contributed by atoms with E-state index in [9.17, 15) is 4.79 Å². The summed E-state index contributed by atoms with van der Waals surface area (Å²) in [6.45, 7) is 12.0. The quantitative estimate of drug-likeness (QED) is 0.349. The van der Waals surface area contributed by atoms with Crippen LogP contribution in [0.5, 0.6) is 11.5 Å². The average molecular weight is 529 g/mol. The summed E-state index contributed by atoms with van der Waals surface area (Å²) < 4.78 is 13.6. The van der Waals surface area contributed by atoms with Crippen molar-refractivity contribution in [2.24, 2.45) is 17.6 Å². The largest absolute Gasteiger partial charge is 0.486 e. The lowest BCUT2D eigenvalue weighted by molar-refractivity contribution is 0.0740. The van der Waals surface area contributed by atoms with Gasteiger partial charge in [0.25, 0.3) is 5.91 Å². The maximum Gasteiger partial charge on any atom is 0.255 e. The molecule has 0 radical (unpaired) electrons. The number of imidazole rings is 1. The van der Waals surface area contributed by atoms with E-state index < -0.39 is 0 Å². The van der Waals surface area contributed by atoms with E-state index in [1.807, 2.05) is 41.4 Å². The molecular formula is C29H41ClN4O3. The first-order valence-electron chi connectivity index (χ1n) is 13.3. The standard InChI is InChI=1S/C29H40N4O3.ClH/c1-20(2)11-14-32(15-12-21(3)4)29(34)23-8-10-27-31-28(24(6-5-13-30)33(27)19-23)22-7-9-25-26(18-22)36-17-16-35-25;/h7-10,18-21H,5-6,11-17,30H2,1-4H3;1H. The van der Waals surface area contributed by atoms with Crippen LogP contribution in [0.25, 0.3) is 16.9 Å². The molecule has 0 saturated carbocycles. The van der Waals surface area contributed by atoms with E-state index in [0.717, 1.165) is 72.9 Å². The van der Waals surface area contributed by atoms with Crippen molar-refractivity contribution in [1.29, 1.82) is 0 Å². The number of aromatic nitrogens is 2. The smallest absolute Gasteiger partial charge is 0.255 e. The first kappa shape index (κ1) is 28.8. The van der Waals surface area contributed by atoms with Gasteiger partial charge in [-0.05, 0) is 74.4 Å². The minimum absolute atomic E-state index is 0. The van der Waals surface area contributed by atoms with Gasteiger partial charge in [-0.25, -0.2) is 4.98 Å². The Hall–Kier alpha value is -2.77. The molecule has 0 aliphatic carbocycles. The second-order valence-corrected chi connectivity index (χ2v) is 10.5. The van der Waals surface area contributed by atoms with E-state index in [-0.39, 0.29) is 18.3 Å². The number of nitrogens with two attached hydrogens (primary N) is 1. The highest BCUT2D eigenvalue weighted by atomic mass is 35.5. The summed E-state index contributed by atoms with van der Waals surface area (Å²) >= 11 is 0. The van der Waals surface area contributed by atoms with Gasteiger partial charge in [-0.1, -0.05) is 27.7 Å². The monoisotopic (exact) mass is 528 g/mol. The lowest BCUT2D eigenvalue weighted by atomic mass is 10.1. The highest BCUT2D eigenvalue weighted by molar-refractivity contribution is 5.94. The zero-order valence-electron chi connectivity index (χ0n) is 22.5. The minimum atomic E-state index is 0. The van der Waals surface area contributed by atoms with Gasteiger partial charge in [-0.15, -0.1) is 12.4 Å². The van der Waals surface area contributed by atoms with Crippen LogP contribution in [0.2, 0.25) is 0 Å². The predicted molar refractivity (Wildman–Crippen MR) is 151 cm³/mol. The summed E-state index contributed by atoms with van der Waals surface area (Å²) in [5, 5.41) is 0. The fourth-order valence-corrected chi connectivity index (χ4v) is 4.48. The Morgan fingerprint density at radius 2 is 1.70 bits per heavy atom. The van der Waals surface area contributed by atoms with Gasteiger partial charge < -0.3 is 24.5 Å². The predicted octanol–water partition coefficient (Wildman–Crippen LogP) is 5.62. The Morgan fingerprint density at radius 3 is 2.35 bits per heavy atom. The van der Waals surface area contributed by atoms with E-state index in [0.29, 0.717) is 37.2 Å². The Balaban J connectivity index is 0.00000380. The van der Waals surface area contributed by atoms with Crippen LogP contribution in [0.15, 0.2) is 36.5 Å². The molecule has 202 valence electrons. The van der Waals surface area contributed by atoms with Crippen LogP contribution in [0.3, 0.4) is 0 Å². The number of nitrogens with zero attached hydrogens (tertiary/aromatic N) is 3. The number of fused-ring (bicyclic) bond motifs is 2. The van der Waals surface area contributed by atoms with Crippen LogP contribution in [0.1, 0.15) is 63.0 Å². The maximum atomic E-state index is 13.6. The van der Waals surface area contributed by atoms with Crippen LogP contribution in [-0.2, 0) is 6.42 Å². The van der Waals surface area contributed by atoms with Crippen molar-refractivity contribution in [1.82, 2.24) is 14.3 Å². The highest BCUT2D eigenvalue weighted by Crippen LogP contribution is 2.36. The van der Waals surface area contributed by atoms with Crippen molar-refractivity contribution >= 4 is 24.0 Å². The van der Waals surface area contributed by atoms with E-state index >= 15 is 0 Å². The second-order valence-electron chi connectivity index (χ2n) is 10.5. The summed E-state index contributed by atoms with van der Waals surface area (Å²) in [5.41, 5.74) is 10.3. The van der Waals surface area contributed by atoms with Gasteiger partial charge in [-0.2, -0.15) is 0 Å². The zero-order chi connectivity index (χ0) is 25.7.